The molecule has 0 saturated carbocycles. The van der Waals surface area contributed by atoms with E-state index >= 15 is 0 Å². The van der Waals surface area contributed by atoms with Gasteiger partial charge >= 0.3 is 0 Å². The molecule has 0 fully saturated rings. The van der Waals surface area contributed by atoms with Crippen LogP contribution >= 0.6 is 15.9 Å². The smallest absolute Gasteiger partial charge is 0.174 e. The maximum Gasteiger partial charge on any atom is 0.174 e. The van der Waals surface area contributed by atoms with Crippen LogP contribution in [0.5, 0.6) is 11.5 Å². The van der Waals surface area contributed by atoms with Gasteiger partial charge in [-0.1, -0.05) is 5.16 Å². The van der Waals surface area contributed by atoms with Crippen LogP contribution in [0.25, 0.3) is 0 Å². The highest BCUT2D eigenvalue weighted by atomic mass is 79.9. The van der Waals surface area contributed by atoms with Crippen molar-refractivity contribution in [3.05, 3.63) is 22.2 Å². The van der Waals surface area contributed by atoms with Crippen molar-refractivity contribution in [1.82, 2.24) is 0 Å². The first-order valence-corrected chi connectivity index (χ1v) is 5.20. The topological polar surface area (TPSA) is 51.0 Å². The summed E-state index contributed by atoms with van der Waals surface area (Å²) in [4.78, 5) is 0. The summed E-state index contributed by atoms with van der Waals surface area (Å²) in [7, 11) is 1.57. The Morgan fingerprint density at radius 3 is 2.80 bits per heavy atom. The van der Waals surface area contributed by atoms with E-state index in [9.17, 15) is 0 Å². The Hall–Kier alpha value is -1.23. The van der Waals surface area contributed by atoms with E-state index in [-0.39, 0.29) is 0 Å². The minimum atomic E-state index is 0.544. The van der Waals surface area contributed by atoms with Gasteiger partial charge in [-0.15, -0.1) is 0 Å². The average molecular weight is 274 g/mol. The third-order valence-electron chi connectivity index (χ3n) is 1.74. The molecule has 5 heteroatoms. The van der Waals surface area contributed by atoms with Gasteiger partial charge in [-0.2, -0.15) is 0 Å². The Morgan fingerprint density at radius 2 is 2.27 bits per heavy atom. The van der Waals surface area contributed by atoms with Crippen LogP contribution in [-0.4, -0.2) is 25.1 Å². The molecule has 1 N–H and O–H groups in total. The van der Waals surface area contributed by atoms with Gasteiger partial charge in [0.25, 0.3) is 0 Å². The van der Waals surface area contributed by atoms with Crippen LogP contribution in [0.2, 0.25) is 0 Å². The lowest BCUT2D eigenvalue weighted by molar-refractivity contribution is 0.309. The number of ether oxygens (including phenoxy) is 2. The van der Waals surface area contributed by atoms with E-state index in [1.54, 1.807) is 19.2 Å². The predicted octanol–water partition coefficient (Wildman–Crippen LogP) is 2.66. The molecule has 0 aliphatic carbocycles. The Bertz CT molecular complexity index is 366. The van der Waals surface area contributed by atoms with Crippen LogP contribution in [0.1, 0.15) is 12.5 Å². The molecule has 0 aliphatic heterocycles. The maximum absolute atomic E-state index is 8.44. The van der Waals surface area contributed by atoms with Crippen molar-refractivity contribution in [2.45, 2.75) is 6.92 Å². The summed E-state index contributed by atoms with van der Waals surface area (Å²) in [6, 6.07) is 3.52. The summed E-state index contributed by atoms with van der Waals surface area (Å²) in [6.07, 6.45) is 1.33. The summed E-state index contributed by atoms with van der Waals surface area (Å²) in [5.41, 5.74) is 0.730. The molecule has 82 valence electrons. The molecule has 0 atom stereocenters. The molecular weight excluding hydrogens is 262 g/mol. The van der Waals surface area contributed by atoms with E-state index in [0.717, 1.165) is 10.0 Å². The lowest BCUT2D eigenvalue weighted by atomic mass is 10.2. The monoisotopic (exact) mass is 273 g/mol. The maximum atomic E-state index is 8.44. The second-order valence-corrected chi connectivity index (χ2v) is 3.57. The van der Waals surface area contributed by atoms with E-state index in [0.29, 0.717) is 18.1 Å². The Balaban J connectivity index is 3.18. The molecule has 0 bridgehead atoms. The SMILES string of the molecule is CCOc1cc(/C=N/O)cc(Br)c1OC. The third kappa shape index (κ3) is 2.86. The van der Waals surface area contributed by atoms with Crippen molar-refractivity contribution >= 4 is 22.1 Å². The highest BCUT2D eigenvalue weighted by molar-refractivity contribution is 9.10. The number of nitrogens with zero attached hydrogens (tertiary/aromatic N) is 1. The molecule has 4 nitrogen and oxygen atoms in total. The Kier molecular flexibility index (Phi) is 4.42. The fraction of sp³-hybridized carbons (Fsp3) is 0.300. The fourth-order valence-electron chi connectivity index (χ4n) is 1.19. The fourth-order valence-corrected chi connectivity index (χ4v) is 1.81. The van der Waals surface area contributed by atoms with Crippen molar-refractivity contribution in [1.29, 1.82) is 0 Å². The minimum Gasteiger partial charge on any atom is -0.492 e. The molecule has 0 radical (unpaired) electrons. The summed E-state index contributed by atoms with van der Waals surface area (Å²) < 4.78 is 11.3. The van der Waals surface area contributed by atoms with Crippen molar-refractivity contribution in [2.24, 2.45) is 5.16 Å². The molecule has 0 aromatic heterocycles. The summed E-state index contributed by atoms with van der Waals surface area (Å²) in [6.45, 7) is 2.43. The van der Waals surface area contributed by atoms with Gasteiger partial charge in [0, 0.05) is 5.56 Å². The average Bonchev–Trinajstić information content (AvgIpc) is 2.18. The molecule has 15 heavy (non-hydrogen) atoms. The lowest BCUT2D eigenvalue weighted by Crippen LogP contribution is -1.97. The zero-order chi connectivity index (χ0) is 11.3. The molecule has 0 spiro atoms. The molecule has 0 heterocycles. The van der Waals surface area contributed by atoms with Crippen molar-refractivity contribution in [2.75, 3.05) is 13.7 Å². The Labute approximate surface area is 96.6 Å². The van der Waals surface area contributed by atoms with Gasteiger partial charge in [-0.3, -0.25) is 0 Å². The zero-order valence-electron chi connectivity index (χ0n) is 8.53. The zero-order valence-corrected chi connectivity index (χ0v) is 10.1. The van der Waals surface area contributed by atoms with Crippen LogP contribution in [0.3, 0.4) is 0 Å². The normalized spacial score (nSPS) is 10.6. The van der Waals surface area contributed by atoms with Crippen molar-refractivity contribution < 1.29 is 14.7 Å². The van der Waals surface area contributed by atoms with Gasteiger partial charge in [0.2, 0.25) is 0 Å². The largest absolute Gasteiger partial charge is 0.492 e. The predicted molar refractivity (Wildman–Crippen MR) is 61.2 cm³/mol. The van der Waals surface area contributed by atoms with Crippen LogP contribution in [-0.2, 0) is 0 Å². The van der Waals surface area contributed by atoms with Crippen LogP contribution < -0.4 is 9.47 Å². The molecule has 0 saturated heterocycles. The Morgan fingerprint density at radius 1 is 1.53 bits per heavy atom. The number of oxime groups is 1. The first-order valence-electron chi connectivity index (χ1n) is 4.40. The number of hydrogen-bond acceptors (Lipinski definition) is 4. The molecule has 1 aromatic rings. The summed E-state index contributed by atoms with van der Waals surface area (Å²) >= 11 is 3.35. The van der Waals surface area contributed by atoms with Crippen LogP contribution in [0, 0.1) is 0 Å². The van der Waals surface area contributed by atoms with Gasteiger partial charge in [0.15, 0.2) is 11.5 Å². The molecule has 1 aromatic carbocycles. The van der Waals surface area contributed by atoms with E-state index in [2.05, 4.69) is 21.1 Å². The number of benzene rings is 1. The second kappa shape index (κ2) is 5.60. The van der Waals surface area contributed by atoms with Crippen molar-refractivity contribution in [3.8, 4) is 11.5 Å². The van der Waals surface area contributed by atoms with E-state index in [4.69, 9.17) is 14.7 Å². The molecule has 0 unspecified atom stereocenters. The first kappa shape index (κ1) is 11.8. The quantitative estimate of drug-likeness (QED) is 0.521. The summed E-state index contributed by atoms with van der Waals surface area (Å²) in [5.74, 6) is 1.25. The number of methoxy groups -OCH3 is 1. The van der Waals surface area contributed by atoms with Crippen LogP contribution in [0.4, 0.5) is 0 Å². The van der Waals surface area contributed by atoms with E-state index < -0.39 is 0 Å². The summed E-state index contributed by atoms with van der Waals surface area (Å²) in [5, 5.41) is 11.4. The number of halogens is 1. The van der Waals surface area contributed by atoms with Gasteiger partial charge in [-0.05, 0) is 35.0 Å². The van der Waals surface area contributed by atoms with E-state index in [1.807, 2.05) is 6.92 Å². The number of hydrogen-bond donors (Lipinski definition) is 1. The molecule has 1 rings (SSSR count). The van der Waals surface area contributed by atoms with Gasteiger partial charge in [0.05, 0.1) is 24.4 Å². The van der Waals surface area contributed by atoms with Gasteiger partial charge in [0.1, 0.15) is 0 Å². The first-order chi connectivity index (χ1) is 7.22. The van der Waals surface area contributed by atoms with Crippen LogP contribution in [0.15, 0.2) is 21.8 Å². The standard InChI is InChI=1S/C10H12BrNO3/c1-3-15-9-5-7(6-12-13)4-8(11)10(9)14-2/h4-6,13H,3H2,1-2H3/b12-6+. The molecular formula is C10H12BrNO3. The molecule has 0 aliphatic rings. The highest BCUT2D eigenvalue weighted by Gasteiger charge is 2.10. The number of rotatable bonds is 4. The van der Waals surface area contributed by atoms with Gasteiger partial charge < -0.3 is 14.7 Å². The molecule has 0 amide bonds. The van der Waals surface area contributed by atoms with Crippen molar-refractivity contribution in [3.63, 3.8) is 0 Å². The van der Waals surface area contributed by atoms with Gasteiger partial charge in [-0.25, -0.2) is 0 Å². The minimum absolute atomic E-state index is 0.544. The van der Waals surface area contributed by atoms with E-state index in [1.165, 1.54) is 6.21 Å². The second-order valence-electron chi connectivity index (χ2n) is 2.71. The third-order valence-corrected chi connectivity index (χ3v) is 2.33. The highest BCUT2D eigenvalue weighted by Crippen LogP contribution is 2.36. The lowest BCUT2D eigenvalue weighted by Gasteiger charge is -2.11.